The first-order chi connectivity index (χ1) is 11.5. The molecule has 3 rings (SSSR count). The van der Waals surface area contributed by atoms with Gasteiger partial charge in [-0.15, -0.1) is 0 Å². The second kappa shape index (κ2) is 7.01. The lowest BCUT2D eigenvalue weighted by molar-refractivity contribution is -0.123. The molecule has 1 aromatic carbocycles. The van der Waals surface area contributed by atoms with Crippen LogP contribution >= 0.6 is 0 Å². The highest BCUT2D eigenvalue weighted by molar-refractivity contribution is 5.99. The number of aryl methyl sites for hydroxylation is 1. The number of rotatable bonds is 5. The lowest BCUT2D eigenvalue weighted by Gasteiger charge is -2.25. The number of hydrogen-bond donors (Lipinski definition) is 1. The van der Waals surface area contributed by atoms with Crippen LogP contribution in [-0.4, -0.2) is 47.3 Å². The predicted molar refractivity (Wildman–Crippen MR) is 93.2 cm³/mol. The minimum atomic E-state index is -0.0106. The van der Waals surface area contributed by atoms with Crippen LogP contribution in [0.1, 0.15) is 27.3 Å². The zero-order valence-electron chi connectivity index (χ0n) is 14.2. The van der Waals surface area contributed by atoms with Crippen LogP contribution in [0.3, 0.4) is 0 Å². The number of piperazine rings is 1. The van der Waals surface area contributed by atoms with Gasteiger partial charge in [0.25, 0.3) is 0 Å². The number of amides is 1. The van der Waals surface area contributed by atoms with E-state index in [1.807, 2.05) is 43.0 Å². The third-order valence-corrected chi connectivity index (χ3v) is 4.54. The smallest absolute Gasteiger partial charge is 0.234 e. The number of aromatic nitrogens is 1. The highest BCUT2D eigenvalue weighted by Gasteiger charge is 2.22. The molecule has 2 aromatic rings. The Kier molecular flexibility index (Phi) is 4.81. The number of Topliss-reactive ketones (excluding diaryl/α,β-unsaturated/α-hetero) is 1. The minimum absolute atomic E-state index is 0.0106. The number of hydrogen-bond acceptors (Lipinski definition) is 3. The molecule has 0 atom stereocenters. The monoisotopic (exact) mass is 325 g/mol. The van der Waals surface area contributed by atoms with E-state index in [2.05, 4.69) is 22.0 Å². The van der Waals surface area contributed by atoms with Gasteiger partial charge in [-0.3, -0.25) is 14.5 Å². The van der Waals surface area contributed by atoms with E-state index in [4.69, 9.17) is 0 Å². The lowest BCUT2D eigenvalue weighted by atomic mass is 10.1. The normalized spacial score (nSPS) is 15.3. The van der Waals surface area contributed by atoms with E-state index >= 15 is 0 Å². The summed E-state index contributed by atoms with van der Waals surface area (Å²) < 4.78 is 2.17. The van der Waals surface area contributed by atoms with Gasteiger partial charge < -0.3 is 9.88 Å². The largest absolute Gasteiger partial charge is 0.354 e. The van der Waals surface area contributed by atoms with Crippen molar-refractivity contribution < 1.29 is 9.59 Å². The van der Waals surface area contributed by atoms with Crippen molar-refractivity contribution in [3.05, 3.63) is 58.9 Å². The molecule has 1 aliphatic rings. The molecular weight excluding hydrogens is 302 g/mol. The molecule has 1 aliphatic heterocycles. The SMILES string of the molecule is Cc1cc(C(=O)CN2CCNC(=O)C2)c(C)n1Cc1ccccc1. The summed E-state index contributed by atoms with van der Waals surface area (Å²) in [5.41, 5.74) is 4.04. The molecule has 24 heavy (non-hydrogen) atoms. The van der Waals surface area contributed by atoms with Crippen LogP contribution in [-0.2, 0) is 11.3 Å². The Labute approximate surface area is 142 Å². The molecule has 5 heteroatoms. The van der Waals surface area contributed by atoms with Gasteiger partial charge in [-0.25, -0.2) is 0 Å². The fourth-order valence-electron chi connectivity index (χ4n) is 3.21. The van der Waals surface area contributed by atoms with Crippen LogP contribution < -0.4 is 5.32 Å². The maximum atomic E-state index is 12.7. The minimum Gasteiger partial charge on any atom is -0.354 e. The molecule has 0 aliphatic carbocycles. The van der Waals surface area contributed by atoms with E-state index in [1.54, 1.807) is 0 Å². The van der Waals surface area contributed by atoms with Gasteiger partial charge in [-0.2, -0.15) is 0 Å². The summed E-state index contributed by atoms with van der Waals surface area (Å²) in [6.07, 6.45) is 0. The zero-order chi connectivity index (χ0) is 17.1. The molecule has 2 heterocycles. The fraction of sp³-hybridized carbons (Fsp3) is 0.368. The first kappa shape index (κ1) is 16.5. The van der Waals surface area contributed by atoms with Crippen molar-refractivity contribution in [3.63, 3.8) is 0 Å². The van der Waals surface area contributed by atoms with Crippen LogP contribution in [0.4, 0.5) is 0 Å². The Morgan fingerprint density at radius 2 is 1.96 bits per heavy atom. The van der Waals surface area contributed by atoms with Gasteiger partial charge in [0.2, 0.25) is 5.91 Å². The summed E-state index contributed by atoms with van der Waals surface area (Å²) in [5.74, 6) is 0.0701. The van der Waals surface area contributed by atoms with Crippen molar-refractivity contribution in [2.45, 2.75) is 20.4 Å². The van der Waals surface area contributed by atoms with Gasteiger partial charge in [-0.05, 0) is 25.5 Å². The summed E-state index contributed by atoms with van der Waals surface area (Å²) in [6.45, 7) is 6.71. The maximum absolute atomic E-state index is 12.7. The predicted octanol–water partition coefficient (Wildman–Crippen LogP) is 1.77. The average Bonchev–Trinajstić information content (AvgIpc) is 2.84. The van der Waals surface area contributed by atoms with E-state index < -0.39 is 0 Å². The lowest BCUT2D eigenvalue weighted by Crippen LogP contribution is -2.49. The Morgan fingerprint density at radius 1 is 1.21 bits per heavy atom. The third kappa shape index (κ3) is 3.57. The standard InChI is InChI=1S/C19H23N3O2/c1-14-10-17(18(23)12-21-9-8-20-19(24)13-21)15(2)22(14)11-16-6-4-3-5-7-16/h3-7,10H,8-9,11-13H2,1-2H3,(H,20,24). The fourth-order valence-corrected chi connectivity index (χ4v) is 3.21. The second-order valence-corrected chi connectivity index (χ2v) is 6.34. The van der Waals surface area contributed by atoms with Gasteiger partial charge in [0, 0.05) is 36.6 Å². The van der Waals surface area contributed by atoms with E-state index in [0.717, 1.165) is 30.0 Å². The Morgan fingerprint density at radius 3 is 2.67 bits per heavy atom. The van der Waals surface area contributed by atoms with Crippen molar-refractivity contribution in [2.75, 3.05) is 26.2 Å². The van der Waals surface area contributed by atoms with Crippen molar-refractivity contribution in [3.8, 4) is 0 Å². The number of ketones is 1. The molecule has 0 radical (unpaired) electrons. The first-order valence-electron chi connectivity index (χ1n) is 8.27. The van der Waals surface area contributed by atoms with Gasteiger partial charge >= 0.3 is 0 Å². The molecule has 1 amide bonds. The second-order valence-electron chi connectivity index (χ2n) is 6.34. The van der Waals surface area contributed by atoms with Crippen molar-refractivity contribution in [1.82, 2.24) is 14.8 Å². The van der Waals surface area contributed by atoms with E-state index in [1.165, 1.54) is 5.56 Å². The summed E-state index contributed by atoms with van der Waals surface area (Å²) in [6, 6.07) is 12.2. The molecule has 126 valence electrons. The Hall–Kier alpha value is -2.40. The van der Waals surface area contributed by atoms with Crippen LogP contribution in [0.15, 0.2) is 36.4 Å². The van der Waals surface area contributed by atoms with Gasteiger partial charge in [0.15, 0.2) is 5.78 Å². The molecule has 0 saturated carbocycles. The highest BCUT2D eigenvalue weighted by Crippen LogP contribution is 2.18. The number of nitrogens with zero attached hydrogens (tertiary/aromatic N) is 2. The molecular formula is C19H23N3O2. The molecule has 1 aromatic heterocycles. The number of benzene rings is 1. The number of nitrogens with one attached hydrogen (secondary N) is 1. The molecule has 1 N–H and O–H groups in total. The van der Waals surface area contributed by atoms with Crippen LogP contribution in [0, 0.1) is 13.8 Å². The zero-order valence-corrected chi connectivity index (χ0v) is 14.2. The average molecular weight is 325 g/mol. The Bertz CT molecular complexity index is 749. The molecule has 5 nitrogen and oxygen atoms in total. The molecule has 0 unspecified atom stereocenters. The summed E-state index contributed by atoms with van der Waals surface area (Å²) in [4.78, 5) is 26.0. The molecule has 1 saturated heterocycles. The van der Waals surface area contributed by atoms with Crippen LogP contribution in [0.2, 0.25) is 0 Å². The molecule has 1 fully saturated rings. The molecule has 0 spiro atoms. The Balaban J connectivity index is 1.75. The van der Waals surface area contributed by atoms with Crippen LogP contribution in [0.25, 0.3) is 0 Å². The highest BCUT2D eigenvalue weighted by atomic mass is 16.2. The van der Waals surface area contributed by atoms with E-state index in [9.17, 15) is 9.59 Å². The van der Waals surface area contributed by atoms with Gasteiger partial charge in [0.05, 0.1) is 13.1 Å². The summed E-state index contributed by atoms with van der Waals surface area (Å²) in [7, 11) is 0. The van der Waals surface area contributed by atoms with Gasteiger partial charge in [-0.1, -0.05) is 30.3 Å². The van der Waals surface area contributed by atoms with Crippen molar-refractivity contribution in [2.24, 2.45) is 0 Å². The summed E-state index contributed by atoms with van der Waals surface area (Å²) >= 11 is 0. The maximum Gasteiger partial charge on any atom is 0.234 e. The van der Waals surface area contributed by atoms with E-state index in [0.29, 0.717) is 19.6 Å². The topological polar surface area (TPSA) is 54.3 Å². The van der Waals surface area contributed by atoms with Crippen LogP contribution in [0.5, 0.6) is 0 Å². The number of carbonyl (C=O) groups is 2. The molecule has 0 bridgehead atoms. The van der Waals surface area contributed by atoms with Crippen molar-refractivity contribution in [1.29, 1.82) is 0 Å². The third-order valence-electron chi connectivity index (χ3n) is 4.54. The first-order valence-corrected chi connectivity index (χ1v) is 8.27. The quantitative estimate of drug-likeness (QED) is 0.853. The summed E-state index contributed by atoms with van der Waals surface area (Å²) in [5, 5.41) is 2.78. The van der Waals surface area contributed by atoms with E-state index in [-0.39, 0.29) is 11.7 Å². The van der Waals surface area contributed by atoms with Crippen molar-refractivity contribution >= 4 is 11.7 Å². The number of carbonyl (C=O) groups excluding carboxylic acids is 2. The van der Waals surface area contributed by atoms with Gasteiger partial charge in [0.1, 0.15) is 0 Å².